The monoisotopic (exact) mass is 336 g/mol. The Morgan fingerprint density at radius 2 is 2.24 bits per heavy atom. The molecule has 9 heteroatoms. The Bertz CT molecular complexity index is 659. The Morgan fingerprint density at radius 1 is 1.52 bits per heavy atom. The Morgan fingerprint density at radius 3 is 2.81 bits per heavy atom. The van der Waals surface area contributed by atoms with E-state index in [-0.39, 0.29) is 11.5 Å². The summed E-state index contributed by atoms with van der Waals surface area (Å²) in [6, 6.07) is 1.64. The topological polar surface area (TPSA) is 98.5 Å². The van der Waals surface area contributed by atoms with E-state index in [0.29, 0.717) is 25.8 Å². The normalized spacial score (nSPS) is 18.7. The van der Waals surface area contributed by atoms with Crippen molar-refractivity contribution in [1.82, 2.24) is 5.32 Å². The van der Waals surface area contributed by atoms with E-state index < -0.39 is 31.7 Å². The summed E-state index contributed by atoms with van der Waals surface area (Å²) >= 11 is 5.71. The van der Waals surface area contributed by atoms with Crippen LogP contribution in [-0.4, -0.2) is 34.1 Å². The van der Waals surface area contributed by atoms with Crippen molar-refractivity contribution in [2.75, 3.05) is 19.8 Å². The minimum absolute atomic E-state index is 0.180. The largest absolute Gasteiger partial charge is 0.381 e. The van der Waals surface area contributed by atoms with E-state index in [1.165, 1.54) is 0 Å². The molecule has 116 valence electrons. The third-order valence-corrected chi connectivity index (χ3v) is 4.43. The molecule has 1 aliphatic rings. The van der Waals surface area contributed by atoms with Crippen molar-refractivity contribution in [2.24, 2.45) is 11.1 Å². The van der Waals surface area contributed by atoms with E-state index in [0.717, 1.165) is 12.5 Å². The Kier molecular flexibility index (Phi) is 4.82. The molecule has 1 aromatic carbocycles. The lowest BCUT2D eigenvalue weighted by molar-refractivity contribution is 0.0944. The molecule has 1 atom stereocenters. The highest BCUT2D eigenvalue weighted by molar-refractivity contribution is 7.89. The number of amides is 1. The van der Waals surface area contributed by atoms with Crippen molar-refractivity contribution < 1.29 is 22.3 Å². The van der Waals surface area contributed by atoms with Gasteiger partial charge in [-0.05, 0) is 18.6 Å². The molecular formula is C12H14ClFN2O4S. The fourth-order valence-corrected chi connectivity index (χ4v) is 2.72. The number of benzene rings is 1. The number of rotatable bonds is 4. The van der Waals surface area contributed by atoms with E-state index in [1.807, 2.05) is 0 Å². The average Bonchev–Trinajstić information content (AvgIpc) is 2.91. The first-order valence-electron chi connectivity index (χ1n) is 6.17. The summed E-state index contributed by atoms with van der Waals surface area (Å²) in [6.07, 6.45) is 0.819. The number of hydrogen-bond acceptors (Lipinski definition) is 4. The van der Waals surface area contributed by atoms with Crippen molar-refractivity contribution in [3.05, 3.63) is 28.5 Å². The lowest BCUT2D eigenvalue weighted by atomic mass is 10.1. The number of nitrogens with two attached hydrogens (primary N) is 1. The van der Waals surface area contributed by atoms with Gasteiger partial charge in [0, 0.05) is 19.1 Å². The SMILES string of the molecule is NS(=O)(=O)c1cc(F)c(Cl)c(C(=O)NCC2CCOC2)c1. The van der Waals surface area contributed by atoms with Crippen LogP contribution in [0, 0.1) is 11.7 Å². The lowest BCUT2D eigenvalue weighted by Crippen LogP contribution is -2.30. The highest BCUT2D eigenvalue weighted by atomic mass is 35.5. The molecule has 1 fully saturated rings. The molecule has 1 amide bonds. The number of carbonyl (C=O) groups is 1. The molecular weight excluding hydrogens is 323 g/mol. The molecule has 0 saturated carbocycles. The quantitative estimate of drug-likeness (QED) is 0.853. The second-order valence-corrected chi connectivity index (χ2v) is 6.69. The minimum Gasteiger partial charge on any atom is -0.381 e. The van der Waals surface area contributed by atoms with Crippen molar-refractivity contribution >= 4 is 27.5 Å². The summed E-state index contributed by atoms with van der Waals surface area (Å²) in [6.45, 7) is 1.52. The Labute approximate surface area is 126 Å². The summed E-state index contributed by atoms with van der Waals surface area (Å²) in [5.41, 5.74) is -0.264. The fraction of sp³-hybridized carbons (Fsp3) is 0.417. The van der Waals surface area contributed by atoms with Crippen LogP contribution in [0.5, 0.6) is 0 Å². The van der Waals surface area contributed by atoms with Crippen molar-refractivity contribution in [3.8, 4) is 0 Å². The summed E-state index contributed by atoms with van der Waals surface area (Å²) < 4.78 is 41.3. The maximum absolute atomic E-state index is 13.6. The van der Waals surface area contributed by atoms with E-state index >= 15 is 0 Å². The van der Waals surface area contributed by atoms with Crippen LogP contribution < -0.4 is 10.5 Å². The first-order chi connectivity index (χ1) is 9.79. The number of nitrogens with one attached hydrogen (secondary N) is 1. The predicted molar refractivity (Wildman–Crippen MR) is 74.0 cm³/mol. The molecule has 1 aliphatic heterocycles. The maximum atomic E-state index is 13.6. The van der Waals surface area contributed by atoms with Crippen LogP contribution in [0.2, 0.25) is 5.02 Å². The standard InChI is InChI=1S/C12H14ClFN2O4S/c13-11-9(3-8(4-10(11)14)21(15,18)19)12(17)16-5-7-1-2-20-6-7/h3-4,7H,1-2,5-6H2,(H,16,17)(H2,15,18,19). The second-order valence-electron chi connectivity index (χ2n) is 4.75. The van der Waals surface area contributed by atoms with E-state index in [9.17, 15) is 17.6 Å². The van der Waals surface area contributed by atoms with E-state index in [4.69, 9.17) is 21.5 Å². The van der Waals surface area contributed by atoms with Gasteiger partial charge in [0.15, 0.2) is 0 Å². The van der Waals surface area contributed by atoms with Crippen LogP contribution >= 0.6 is 11.6 Å². The zero-order chi connectivity index (χ0) is 15.6. The molecule has 3 N–H and O–H groups in total. The third kappa shape index (κ3) is 3.91. The molecule has 0 radical (unpaired) electrons. The zero-order valence-electron chi connectivity index (χ0n) is 10.9. The van der Waals surface area contributed by atoms with Gasteiger partial charge in [0.1, 0.15) is 5.82 Å². The first kappa shape index (κ1) is 16.2. The van der Waals surface area contributed by atoms with Crippen molar-refractivity contribution in [1.29, 1.82) is 0 Å². The smallest absolute Gasteiger partial charge is 0.252 e. The van der Waals surface area contributed by atoms with Crippen LogP contribution in [0.3, 0.4) is 0 Å². The van der Waals surface area contributed by atoms with Gasteiger partial charge in [-0.25, -0.2) is 17.9 Å². The van der Waals surface area contributed by atoms with Crippen LogP contribution in [-0.2, 0) is 14.8 Å². The van der Waals surface area contributed by atoms with E-state index in [1.54, 1.807) is 0 Å². The van der Waals surface area contributed by atoms with Gasteiger partial charge in [0.2, 0.25) is 10.0 Å². The van der Waals surface area contributed by atoms with Crippen LogP contribution in [0.1, 0.15) is 16.8 Å². The molecule has 2 rings (SSSR count). The second kappa shape index (κ2) is 6.27. The number of halogens is 2. The Balaban J connectivity index is 2.21. The van der Waals surface area contributed by atoms with Crippen LogP contribution in [0.25, 0.3) is 0 Å². The maximum Gasteiger partial charge on any atom is 0.252 e. The molecule has 1 saturated heterocycles. The number of primary sulfonamides is 1. The molecule has 21 heavy (non-hydrogen) atoms. The summed E-state index contributed by atoms with van der Waals surface area (Å²) in [5, 5.41) is 7.07. The van der Waals surface area contributed by atoms with Crippen molar-refractivity contribution in [3.63, 3.8) is 0 Å². The van der Waals surface area contributed by atoms with Gasteiger partial charge in [-0.2, -0.15) is 0 Å². The summed E-state index contributed by atoms with van der Waals surface area (Å²) in [5.74, 6) is -1.49. The van der Waals surface area contributed by atoms with Gasteiger partial charge in [-0.3, -0.25) is 4.79 Å². The number of hydrogen-bond donors (Lipinski definition) is 2. The first-order valence-corrected chi connectivity index (χ1v) is 8.09. The molecule has 1 aromatic rings. The highest BCUT2D eigenvalue weighted by Crippen LogP contribution is 2.24. The van der Waals surface area contributed by atoms with Gasteiger partial charge in [0.25, 0.3) is 5.91 Å². The van der Waals surface area contributed by atoms with Gasteiger partial charge >= 0.3 is 0 Å². The lowest BCUT2D eigenvalue weighted by Gasteiger charge is -2.11. The van der Waals surface area contributed by atoms with Gasteiger partial charge in [-0.15, -0.1) is 0 Å². The highest BCUT2D eigenvalue weighted by Gasteiger charge is 2.21. The van der Waals surface area contributed by atoms with Crippen molar-refractivity contribution in [2.45, 2.75) is 11.3 Å². The Hall–Kier alpha value is -1.22. The van der Waals surface area contributed by atoms with Gasteiger partial charge < -0.3 is 10.1 Å². The van der Waals surface area contributed by atoms with Gasteiger partial charge in [-0.1, -0.05) is 11.6 Å². The van der Waals surface area contributed by atoms with Crippen LogP contribution in [0.15, 0.2) is 17.0 Å². The molecule has 1 unspecified atom stereocenters. The fourth-order valence-electron chi connectivity index (χ4n) is 1.97. The molecule has 0 aromatic heterocycles. The molecule has 0 aliphatic carbocycles. The summed E-state index contributed by atoms with van der Waals surface area (Å²) in [7, 11) is -4.13. The molecule has 1 heterocycles. The zero-order valence-corrected chi connectivity index (χ0v) is 12.5. The van der Waals surface area contributed by atoms with Gasteiger partial charge in [0.05, 0.1) is 22.1 Å². The third-order valence-electron chi connectivity index (χ3n) is 3.15. The molecule has 6 nitrogen and oxygen atoms in total. The molecule has 0 bridgehead atoms. The minimum atomic E-state index is -4.13. The number of sulfonamides is 1. The van der Waals surface area contributed by atoms with E-state index in [2.05, 4.69) is 5.32 Å². The number of carbonyl (C=O) groups excluding carboxylic acids is 1. The number of ether oxygens (including phenoxy) is 1. The van der Waals surface area contributed by atoms with Crippen LogP contribution in [0.4, 0.5) is 4.39 Å². The predicted octanol–water partition coefficient (Wildman–Crippen LogP) is 0.893. The average molecular weight is 337 g/mol. The summed E-state index contributed by atoms with van der Waals surface area (Å²) in [4.78, 5) is 11.5. The molecule has 0 spiro atoms.